The zero-order valence-electron chi connectivity index (χ0n) is 16.5. The number of ether oxygens (including phenoxy) is 2. The second-order valence-electron chi connectivity index (χ2n) is 7.67. The largest absolute Gasteiger partial charge is 0.493 e. The minimum atomic E-state index is -1.10. The Morgan fingerprint density at radius 3 is 2.52 bits per heavy atom. The van der Waals surface area contributed by atoms with Gasteiger partial charge in [-0.1, -0.05) is 11.3 Å². The first-order valence-electron chi connectivity index (χ1n) is 9.50. The Hall–Kier alpha value is -1.70. The molecule has 0 radical (unpaired) electrons. The minimum absolute atomic E-state index is 0.459. The monoisotopic (exact) mass is 391 g/mol. The summed E-state index contributed by atoms with van der Waals surface area (Å²) in [7, 11) is 0. The highest BCUT2D eigenvalue weighted by Gasteiger charge is 2.21. The van der Waals surface area contributed by atoms with Crippen LogP contribution < -0.4 is 10.1 Å². The van der Waals surface area contributed by atoms with Crippen molar-refractivity contribution < 1.29 is 14.6 Å². The van der Waals surface area contributed by atoms with Gasteiger partial charge in [-0.2, -0.15) is 0 Å². The lowest BCUT2D eigenvalue weighted by Gasteiger charge is -2.18. The van der Waals surface area contributed by atoms with E-state index in [4.69, 9.17) is 9.47 Å². The van der Waals surface area contributed by atoms with Gasteiger partial charge < -0.3 is 19.9 Å². The highest BCUT2D eigenvalue weighted by Crippen LogP contribution is 2.34. The molecule has 0 unspecified atom stereocenters. The summed E-state index contributed by atoms with van der Waals surface area (Å²) in [6, 6.07) is 4.20. The lowest BCUT2D eigenvalue weighted by Crippen LogP contribution is -2.24. The van der Waals surface area contributed by atoms with Crippen LogP contribution in [0.15, 0.2) is 12.1 Å². The van der Waals surface area contributed by atoms with Gasteiger partial charge in [-0.05, 0) is 69.7 Å². The van der Waals surface area contributed by atoms with Gasteiger partial charge in [0.15, 0.2) is 5.79 Å². The summed E-state index contributed by atoms with van der Waals surface area (Å²) in [4.78, 5) is 0. The summed E-state index contributed by atoms with van der Waals surface area (Å²) in [6.45, 7) is 9.35. The quantitative estimate of drug-likeness (QED) is 0.468. The third-order valence-electron chi connectivity index (χ3n) is 4.36. The van der Waals surface area contributed by atoms with E-state index in [-0.39, 0.29) is 0 Å². The van der Waals surface area contributed by atoms with Gasteiger partial charge >= 0.3 is 0 Å². The van der Waals surface area contributed by atoms with Crippen LogP contribution in [0.1, 0.15) is 44.2 Å². The Labute approximate surface area is 164 Å². The lowest BCUT2D eigenvalue weighted by molar-refractivity contribution is -0.176. The molecule has 0 atom stereocenters. The smallest absolute Gasteiger partial charge is 0.206 e. The second kappa shape index (κ2) is 8.54. The molecule has 2 N–H and O–H groups in total. The van der Waals surface area contributed by atoms with E-state index in [1.54, 1.807) is 25.2 Å². The molecule has 1 aliphatic rings. The number of aliphatic hydroxyl groups is 1. The normalized spacial score (nSPS) is 14.4. The summed E-state index contributed by atoms with van der Waals surface area (Å²) in [5.74, 6) is 0.618. The van der Waals surface area contributed by atoms with Crippen LogP contribution in [0, 0.1) is 19.8 Å². The van der Waals surface area contributed by atoms with Crippen LogP contribution in [-0.2, 0) is 4.74 Å². The highest BCUT2D eigenvalue weighted by atomic mass is 32.1. The number of nitrogens with one attached hydrogen (secondary N) is 1. The van der Waals surface area contributed by atoms with Crippen molar-refractivity contribution in [3.8, 4) is 16.3 Å². The molecule has 6 nitrogen and oxygen atoms in total. The maximum atomic E-state index is 9.55. The van der Waals surface area contributed by atoms with E-state index in [9.17, 15) is 5.11 Å². The SMILES string of the molecule is Cc1cc(-c2nnc(NCC3CC3)s2)cc(C)c1OCCCOC(C)(C)O. The van der Waals surface area contributed by atoms with Gasteiger partial charge in [-0.3, -0.25) is 0 Å². The Bertz CT molecular complexity index is 743. The van der Waals surface area contributed by atoms with Crippen molar-refractivity contribution in [3.63, 3.8) is 0 Å². The number of hydrogen-bond acceptors (Lipinski definition) is 7. The van der Waals surface area contributed by atoms with Gasteiger partial charge in [0.25, 0.3) is 0 Å². The Balaban J connectivity index is 1.57. The van der Waals surface area contributed by atoms with Crippen molar-refractivity contribution in [1.29, 1.82) is 0 Å². The fourth-order valence-corrected chi connectivity index (χ4v) is 3.56. The van der Waals surface area contributed by atoms with Gasteiger partial charge in [0.05, 0.1) is 13.2 Å². The molecule has 148 valence electrons. The van der Waals surface area contributed by atoms with Crippen molar-refractivity contribution in [2.45, 2.75) is 52.7 Å². The number of rotatable bonds is 10. The van der Waals surface area contributed by atoms with Crippen LogP contribution in [0.4, 0.5) is 5.13 Å². The minimum Gasteiger partial charge on any atom is -0.493 e. The molecule has 3 rings (SSSR count). The summed E-state index contributed by atoms with van der Waals surface area (Å²) >= 11 is 1.59. The first-order chi connectivity index (χ1) is 12.8. The van der Waals surface area contributed by atoms with Crippen molar-refractivity contribution in [2.75, 3.05) is 25.1 Å². The molecule has 2 aromatic rings. The summed E-state index contributed by atoms with van der Waals surface area (Å²) in [5, 5.41) is 23.3. The van der Waals surface area contributed by atoms with E-state index in [1.165, 1.54) is 12.8 Å². The molecular formula is C20H29N3O3S. The molecule has 27 heavy (non-hydrogen) atoms. The van der Waals surface area contributed by atoms with E-state index in [0.29, 0.717) is 13.2 Å². The molecule has 1 fully saturated rings. The van der Waals surface area contributed by atoms with Crippen LogP contribution >= 0.6 is 11.3 Å². The number of aryl methyl sites for hydroxylation is 2. The molecule has 1 aliphatic carbocycles. The third kappa shape index (κ3) is 6.16. The third-order valence-corrected chi connectivity index (χ3v) is 5.29. The van der Waals surface area contributed by atoms with Crippen molar-refractivity contribution >= 4 is 16.5 Å². The number of anilines is 1. The van der Waals surface area contributed by atoms with Crippen LogP contribution in [0.5, 0.6) is 5.75 Å². The molecule has 1 saturated carbocycles. The molecule has 1 aromatic carbocycles. The topological polar surface area (TPSA) is 76.5 Å². The van der Waals surface area contributed by atoms with Gasteiger partial charge in [-0.15, -0.1) is 10.2 Å². The molecule has 0 spiro atoms. The Morgan fingerprint density at radius 1 is 1.19 bits per heavy atom. The first kappa shape index (κ1) is 20.0. The maximum Gasteiger partial charge on any atom is 0.206 e. The highest BCUT2D eigenvalue weighted by molar-refractivity contribution is 7.18. The predicted molar refractivity (Wildman–Crippen MR) is 108 cm³/mol. The van der Waals surface area contributed by atoms with E-state index < -0.39 is 5.79 Å². The fourth-order valence-electron chi connectivity index (χ4n) is 2.82. The van der Waals surface area contributed by atoms with Gasteiger partial charge in [-0.25, -0.2) is 0 Å². The molecule has 0 aliphatic heterocycles. The molecule has 1 aromatic heterocycles. The van der Waals surface area contributed by atoms with E-state index in [1.807, 2.05) is 13.8 Å². The summed E-state index contributed by atoms with van der Waals surface area (Å²) in [6.07, 6.45) is 3.36. The number of hydrogen-bond donors (Lipinski definition) is 2. The molecule has 7 heteroatoms. The fraction of sp³-hybridized carbons (Fsp3) is 0.600. The van der Waals surface area contributed by atoms with E-state index in [0.717, 1.165) is 51.5 Å². The van der Waals surface area contributed by atoms with Crippen molar-refractivity contribution in [3.05, 3.63) is 23.3 Å². The molecule has 0 saturated heterocycles. The summed E-state index contributed by atoms with van der Waals surface area (Å²) < 4.78 is 11.2. The maximum absolute atomic E-state index is 9.55. The predicted octanol–water partition coefficient (Wildman–Crippen LogP) is 4.16. The van der Waals surface area contributed by atoms with Crippen molar-refractivity contribution in [2.24, 2.45) is 5.92 Å². The number of benzene rings is 1. The van der Waals surface area contributed by atoms with Gasteiger partial charge in [0, 0.05) is 18.5 Å². The number of nitrogens with zero attached hydrogens (tertiary/aromatic N) is 2. The average Bonchev–Trinajstić information content (AvgIpc) is 3.29. The standard InChI is InChI=1S/C20H29N3O3S/c1-13-10-16(18-22-23-19(27-18)21-12-15-6-7-15)11-14(2)17(13)25-8-5-9-26-20(3,4)24/h10-11,15,24H,5-9,12H2,1-4H3,(H,21,23). The zero-order valence-corrected chi connectivity index (χ0v) is 17.4. The zero-order chi connectivity index (χ0) is 19.4. The molecule has 0 amide bonds. The Morgan fingerprint density at radius 2 is 1.89 bits per heavy atom. The van der Waals surface area contributed by atoms with Crippen molar-refractivity contribution in [1.82, 2.24) is 10.2 Å². The van der Waals surface area contributed by atoms with E-state index >= 15 is 0 Å². The summed E-state index contributed by atoms with van der Waals surface area (Å²) in [5.41, 5.74) is 3.23. The molecule has 0 bridgehead atoms. The Kier molecular flexibility index (Phi) is 6.34. The van der Waals surface area contributed by atoms with Crippen LogP contribution in [0.25, 0.3) is 10.6 Å². The lowest BCUT2D eigenvalue weighted by atomic mass is 10.1. The molecular weight excluding hydrogens is 362 g/mol. The average molecular weight is 392 g/mol. The van der Waals surface area contributed by atoms with Gasteiger partial charge in [0.1, 0.15) is 10.8 Å². The van der Waals surface area contributed by atoms with Gasteiger partial charge in [0.2, 0.25) is 5.13 Å². The van der Waals surface area contributed by atoms with E-state index in [2.05, 4.69) is 27.6 Å². The first-order valence-corrected chi connectivity index (χ1v) is 10.3. The number of aromatic nitrogens is 2. The second-order valence-corrected chi connectivity index (χ2v) is 8.65. The molecule has 1 heterocycles. The van der Waals surface area contributed by atoms with Crippen LogP contribution in [0.3, 0.4) is 0 Å². The van der Waals surface area contributed by atoms with Crippen LogP contribution in [-0.4, -0.2) is 40.8 Å². The van der Waals surface area contributed by atoms with Crippen LogP contribution in [0.2, 0.25) is 0 Å².